The molecule has 0 aliphatic heterocycles. The molecule has 1 N–H and O–H groups in total. The summed E-state index contributed by atoms with van der Waals surface area (Å²) in [5.74, 6) is -1.86. The molecule has 0 unspecified atom stereocenters. The van der Waals surface area contributed by atoms with Gasteiger partial charge in [-0.05, 0) is 49.7 Å². The molecule has 0 saturated heterocycles. The van der Waals surface area contributed by atoms with E-state index in [1.165, 1.54) is 25.1 Å². The van der Waals surface area contributed by atoms with E-state index in [-0.39, 0.29) is 16.9 Å². The minimum absolute atomic E-state index is 0.00115. The number of carbonyl (C=O) groups excluding carboxylic acids is 2. The lowest BCUT2D eigenvalue weighted by Crippen LogP contribution is -2.24. The van der Waals surface area contributed by atoms with Crippen LogP contribution in [0.2, 0.25) is 0 Å². The van der Waals surface area contributed by atoms with Gasteiger partial charge in [-0.25, -0.2) is 9.18 Å². The minimum atomic E-state index is -1.04. The van der Waals surface area contributed by atoms with Crippen molar-refractivity contribution in [1.29, 1.82) is 0 Å². The van der Waals surface area contributed by atoms with Crippen LogP contribution in [0, 0.1) is 12.7 Å². The highest BCUT2D eigenvalue weighted by Gasteiger charge is 2.22. The number of halogens is 1. The molecule has 4 nitrogen and oxygen atoms in total. The lowest BCUT2D eigenvalue weighted by Gasteiger charge is -2.13. The lowest BCUT2D eigenvalue weighted by molar-refractivity contribution is 0.0316. The zero-order valence-corrected chi connectivity index (χ0v) is 12.2. The highest BCUT2D eigenvalue weighted by Crippen LogP contribution is 2.23. The Kier molecular flexibility index (Phi) is 4.56. The number of carbonyl (C=O) groups is 2. The lowest BCUT2D eigenvalue weighted by atomic mass is 10.1. The Morgan fingerprint density at radius 1 is 1.14 bits per heavy atom. The second kappa shape index (κ2) is 6.39. The minimum Gasteiger partial charge on any atom is -0.507 e. The summed E-state index contributed by atoms with van der Waals surface area (Å²) in [6.45, 7) is 3.08. The quantitative estimate of drug-likeness (QED) is 0.695. The maximum absolute atomic E-state index is 12.8. The number of para-hydroxylation sites is 1. The summed E-state index contributed by atoms with van der Waals surface area (Å²) in [7, 11) is 0. The maximum atomic E-state index is 12.8. The van der Waals surface area contributed by atoms with Crippen LogP contribution >= 0.6 is 0 Å². The van der Waals surface area contributed by atoms with E-state index in [1.807, 2.05) is 0 Å². The topological polar surface area (TPSA) is 63.6 Å². The molecule has 114 valence electrons. The van der Waals surface area contributed by atoms with Crippen molar-refractivity contribution in [3.05, 3.63) is 65.0 Å². The first-order chi connectivity index (χ1) is 10.4. The molecule has 0 bridgehead atoms. The molecule has 2 aromatic rings. The predicted octanol–water partition coefficient (Wildman–Crippen LogP) is 3.27. The molecular formula is C17H15FO4. The Morgan fingerprint density at radius 2 is 1.77 bits per heavy atom. The first-order valence-electron chi connectivity index (χ1n) is 6.69. The molecule has 5 heteroatoms. The molecule has 0 saturated carbocycles. The fourth-order valence-electron chi connectivity index (χ4n) is 1.95. The van der Waals surface area contributed by atoms with Gasteiger partial charge in [-0.1, -0.05) is 12.1 Å². The molecule has 1 atom stereocenters. The van der Waals surface area contributed by atoms with Crippen LogP contribution in [0.15, 0.2) is 42.5 Å². The molecule has 0 amide bonds. The third kappa shape index (κ3) is 3.31. The Balaban J connectivity index is 2.12. The Morgan fingerprint density at radius 3 is 2.41 bits per heavy atom. The van der Waals surface area contributed by atoms with Crippen molar-refractivity contribution in [2.75, 3.05) is 0 Å². The highest BCUT2D eigenvalue weighted by molar-refractivity contribution is 6.01. The van der Waals surface area contributed by atoms with E-state index < -0.39 is 23.7 Å². The van der Waals surface area contributed by atoms with E-state index >= 15 is 0 Å². The summed E-state index contributed by atoms with van der Waals surface area (Å²) in [6.07, 6.45) is -1.04. The summed E-state index contributed by atoms with van der Waals surface area (Å²) in [6, 6.07) is 9.65. The molecule has 0 aliphatic carbocycles. The zero-order chi connectivity index (χ0) is 16.3. The molecule has 2 aromatic carbocycles. The van der Waals surface area contributed by atoms with Gasteiger partial charge in [-0.2, -0.15) is 0 Å². The molecule has 0 spiro atoms. The number of benzene rings is 2. The number of hydrogen-bond acceptors (Lipinski definition) is 4. The van der Waals surface area contributed by atoms with E-state index in [1.54, 1.807) is 19.1 Å². The molecule has 22 heavy (non-hydrogen) atoms. The number of aromatic hydroxyl groups is 1. The van der Waals surface area contributed by atoms with Crippen LogP contribution in [0.5, 0.6) is 5.75 Å². The number of Topliss-reactive ketones (excluding diaryl/α,β-unsaturated/α-hetero) is 1. The van der Waals surface area contributed by atoms with Gasteiger partial charge in [0, 0.05) is 5.56 Å². The van der Waals surface area contributed by atoms with Crippen molar-refractivity contribution in [2.45, 2.75) is 20.0 Å². The van der Waals surface area contributed by atoms with Crippen LogP contribution in [-0.2, 0) is 4.74 Å². The third-order valence-electron chi connectivity index (χ3n) is 3.24. The standard InChI is InChI=1S/C17H15FO4/c1-10-4-3-5-14(15(10)19)17(21)22-11(2)16(20)12-6-8-13(18)9-7-12/h3-9,11,19H,1-2H3/t11-/m0/s1. The van der Waals surface area contributed by atoms with Crippen LogP contribution in [-0.4, -0.2) is 23.0 Å². The van der Waals surface area contributed by atoms with Crippen molar-refractivity contribution in [2.24, 2.45) is 0 Å². The molecule has 2 rings (SSSR count). The third-order valence-corrected chi connectivity index (χ3v) is 3.24. The van der Waals surface area contributed by atoms with E-state index in [0.29, 0.717) is 5.56 Å². The van der Waals surface area contributed by atoms with Gasteiger partial charge in [0.1, 0.15) is 17.1 Å². The van der Waals surface area contributed by atoms with Gasteiger partial charge < -0.3 is 9.84 Å². The Bertz CT molecular complexity index is 707. The molecule has 0 fully saturated rings. The molecule has 0 aromatic heterocycles. The molecule has 0 aliphatic rings. The van der Waals surface area contributed by atoms with Crippen molar-refractivity contribution >= 4 is 11.8 Å². The van der Waals surface area contributed by atoms with Crippen molar-refractivity contribution in [3.63, 3.8) is 0 Å². The monoisotopic (exact) mass is 302 g/mol. The van der Waals surface area contributed by atoms with Gasteiger partial charge in [0.25, 0.3) is 0 Å². The van der Waals surface area contributed by atoms with Gasteiger partial charge in [0.2, 0.25) is 5.78 Å². The predicted molar refractivity (Wildman–Crippen MR) is 78.5 cm³/mol. The van der Waals surface area contributed by atoms with Crippen molar-refractivity contribution in [3.8, 4) is 5.75 Å². The number of phenols is 1. The number of ketones is 1. The average Bonchev–Trinajstić information content (AvgIpc) is 2.50. The Labute approximate surface area is 127 Å². The second-order valence-electron chi connectivity index (χ2n) is 4.89. The number of rotatable bonds is 4. The van der Waals surface area contributed by atoms with Gasteiger partial charge in [-0.3, -0.25) is 4.79 Å². The van der Waals surface area contributed by atoms with E-state index in [2.05, 4.69) is 0 Å². The van der Waals surface area contributed by atoms with Gasteiger partial charge in [0.15, 0.2) is 6.10 Å². The van der Waals surface area contributed by atoms with E-state index in [0.717, 1.165) is 12.1 Å². The second-order valence-corrected chi connectivity index (χ2v) is 4.89. The largest absolute Gasteiger partial charge is 0.507 e. The number of hydrogen-bond donors (Lipinski definition) is 1. The van der Waals surface area contributed by atoms with Crippen molar-refractivity contribution < 1.29 is 23.8 Å². The average molecular weight is 302 g/mol. The van der Waals surface area contributed by atoms with Crippen molar-refractivity contribution in [1.82, 2.24) is 0 Å². The van der Waals surface area contributed by atoms with Crippen LogP contribution in [0.4, 0.5) is 4.39 Å². The molecular weight excluding hydrogens is 287 g/mol. The zero-order valence-electron chi connectivity index (χ0n) is 12.2. The normalized spacial score (nSPS) is 11.8. The summed E-state index contributed by atoms with van der Waals surface area (Å²) in [5.41, 5.74) is 0.779. The summed E-state index contributed by atoms with van der Waals surface area (Å²) in [5, 5.41) is 9.84. The van der Waals surface area contributed by atoms with Gasteiger partial charge in [-0.15, -0.1) is 0 Å². The SMILES string of the molecule is Cc1cccc(C(=O)O[C@@H](C)C(=O)c2ccc(F)cc2)c1O. The number of ether oxygens (including phenoxy) is 1. The number of phenolic OH excluding ortho intramolecular Hbond substituents is 1. The van der Waals surface area contributed by atoms with Crippen LogP contribution in [0.3, 0.4) is 0 Å². The summed E-state index contributed by atoms with van der Waals surface area (Å²) in [4.78, 5) is 24.1. The first kappa shape index (κ1) is 15.7. The first-order valence-corrected chi connectivity index (χ1v) is 6.69. The van der Waals surface area contributed by atoms with Crippen LogP contribution < -0.4 is 0 Å². The van der Waals surface area contributed by atoms with E-state index in [4.69, 9.17) is 4.74 Å². The molecule has 0 heterocycles. The fraction of sp³-hybridized carbons (Fsp3) is 0.176. The van der Waals surface area contributed by atoms with Crippen LogP contribution in [0.25, 0.3) is 0 Å². The van der Waals surface area contributed by atoms with Gasteiger partial charge >= 0.3 is 5.97 Å². The number of esters is 1. The molecule has 0 radical (unpaired) electrons. The van der Waals surface area contributed by atoms with Gasteiger partial charge in [0.05, 0.1) is 0 Å². The highest BCUT2D eigenvalue weighted by atomic mass is 19.1. The summed E-state index contributed by atoms with van der Waals surface area (Å²) < 4.78 is 17.9. The summed E-state index contributed by atoms with van der Waals surface area (Å²) >= 11 is 0. The smallest absolute Gasteiger partial charge is 0.342 e. The maximum Gasteiger partial charge on any atom is 0.342 e. The fourth-order valence-corrected chi connectivity index (χ4v) is 1.95. The number of aryl methyl sites for hydroxylation is 1. The van der Waals surface area contributed by atoms with E-state index in [9.17, 15) is 19.1 Å². The van der Waals surface area contributed by atoms with Crippen LogP contribution in [0.1, 0.15) is 33.2 Å². The Hall–Kier alpha value is -2.69.